The number of aliphatic imine (C=N–C) groups is 1. The molecule has 1 unspecified atom stereocenters. The van der Waals surface area contributed by atoms with Gasteiger partial charge < -0.3 is 4.74 Å². The Morgan fingerprint density at radius 3 is 2.79 bits per heavy atom. The van der Waals surface area contributed by atoms with Gasteiger partial charge in [0.05, 0.1) is 16.1 Å². The molecule has 0 N–H and O–H groups in total. The van der Waals surface area contributed by atoms with E-state index in [4.69, 9.17) is 32.9 Å². The molecule has 0 radical (unpaired) electrons. The van der Waals surface area contributed by atoms with Crippen LogP contribution in [0, 0.1) is 0 Å². The molecule has 8 heteroatoms. The van der Waals surface area contributed by atoms with E-state index in [1.807, 2.05) is 45.0 Å². The molecule has 1 amide bonds. The Kier molecular flexibility index (Phi) is 7.09. The number of hydrogen-bond acceptors (Lipinski definition) is 5. The van der Waals surface area contributed by atoms with Gasteiger partial charge in [-0.05, 0) is 44.0 Å². The van der Waals surface area contributed by atoms with Crippen LogP contribution in [0.5, 0.6) is 0 Å². The number of carbonyl (C=O) groups is 1. The van der Waals surface area contributed by atoms with Gasteiger partial charge in [0, 0.05) is 31.1 Å². The predicted molar refractivity (Wildman–Crippen MR) is 120 cm³/mol. The number of rotatable bonds is 4. The molecule has 0 bridgehead atoms. The van der Waals surface area contributed by atoms with Crippen molar-refractivity contribution in [2.45, 2.75) is 38.8 Å². The summed E-state index contributed by atoms with van der Waals surface area (Å²) in [6.07, 6.45) is 3.73. The highest BCUT2D eigenvalue weighted by atomic mass is 35.5. The lowest BCUT2D eigenvalue weighted by Crippen LogP contribution is -2.37. The number of benzene rings is 1. The third kappa shape index (κ3) is 5.87. The first-order valence-electron chi connectivity index (χ1n) is 9.28. The molecule has 2 heterocycles. The molecule has 5 nitrogen and oxygen atoms in total. The Hall–Kier alpha value is -1.76. The molecule has 1 aromatic carbocycles. The molecule has 1 fully saturated rings. The van der Waals surface area contributed by atoms with Crippen molar-refractivity contribution in [2.75, 3.05) is 12.3 Å². The summed E-state index contributed by atoms with van der Waals surface area (Å²) < 4.78 is 5.54. The Morgan fingerprint density at radius 2 is 2.10 bits per heavy atom. The van der Waals surface area contributed by atoms with Crippen LogP contribution in [0.1, 0.15) is 37.9 Å². The lowest BCUT2D eigenvalue weighted by molar-refractivity contribution is 0.0385. The second-order valence-electron chi connectivity index (χ2n) is 7.62. The molecule has 2 aromatic rings. The molecular weight excluding hydrogens is 429 g/mol. The van der Waals surface area contributed by atoms with Crippen molar-refractivity contribution in [3.63, 3.8) is 0 Å². The van der Waals surface area contributed by atoms with Crippen molar-refractivity contribution in [1.82, 2.24) is 9.88 Å². The summed E-state index contributed by atoms with van der Waals surface area (Å²) in [5.41, 5.74) is 1.26. The van der Waals surface area contributed by atoms with Gasteiger partial charge in [-0.3, -0.25) is 14.9 Å². The molecule has 1 aliphatic heterocycles. The Labute approximate surface area is 185 Å². The average Bonchev–Trinajstić information content (AvgIpc) is 3.11. The van der Waals surface area contributed by atoms with Crippen molar-refractivity contribution in [2.24, 2.45) is 4.99 Å². The number of ether oxygens (including phenoxy) is 1. The van der Waals surface area contributed by atoms with E-state index >= 15 is 0 Å². The summed E-state index contributed by atoms with van der Waals surface area (Å²) in [5.74, 6) is 0.765. The van der Waals surface area contributed by atoms with Gasteiger partial charge in [-0.25, -0.2) is 4.79 Å². The number of thioether (sulfide) groups is 1. The maximum absolute atomic E-state index is 12.6. The quantitative estimate of drug-likeness (QED) is 0.570. The molecular formula is C21H23Cl2N3O2S. The van der Waals surface area contributed by atoms with Crippen molar-refractivity contribution < 1.29 is 9.53 Å². The van der Waals surface area contributed by atoms with Gasteiger partial charge in [-0.1, -0.05) is 53.2 Å². The van der Waals surface area contributed by atoms with E-state index in [0.717, 1.165) is 16.9 Å². The number of carbonyl (C=O) groups excluding carboxylic acids is 1. The van der Waals surface area contributed by atoms with Crippen molar-refractivity contribution in [3.8, 4) is 0 Å². The Morgan fingerprint density at radius 1 is 1.31 bits per heavy atom. The fourth-order valence-corrected chi connectivity index (χ4v) is 4.29. The molecule has 0 spiro atoms. The van der Waals surface area contributed by atoms with E-state index in [1.54, 1.807) is 23.4 Å². The zero-order valence-electron chi connectivity index (χ0n) is 16.6. The molecule has 3 rings (SSSR count). The zero-order valence-corrected chi connectivity index (χ0v) is 18.9. The molecule has 0 saturated carbocycles. The zero-order chi connectivity index (χ0) is 21.0. The van der Waals surface area contributed by atoms with Crippen LogP contribution in [0.4, 0.5) is 4.79 Å². The van der Waals surface area contributed by atoms with Crippen molar-refractivity contribution in [3.05, 3.63) is 63.9 Å². The number of amidine groups is 1. The SMILES string of the molecule is CC(C)(C)OC(=O)N1CCS/C1=N/C(Cc1cccnc1)c1cccc(Cl)c1Cl. The summed E-state index contributed by atoms with van der Waals surface area (Å²) in [7, 11) is 0. The number of halogens is 2. The van der Waals surface area contributed by atoms with Crippen LogP contribution >= 0.6 is 35.0 Å². The summed E-state index contributed by atoms with van der Waals surface area (Å²) in [5, 5.41) is 1.58. The summed E-state index contributed by atoms with van der Waals surface area (Å²) >= 11 is 14.3. The minimum atomic E-state index is -0.569. The van der Waals surface area contributed by atoms with Gasteiger partial charge in [-0.15, -0.1) is 0 Å². The van der Waals surface area contributed by atoms with Crippen LogP contribution in [0.25, 0.3) is 0 Å². The highest BCUT2D eigenvalue weighted by molar-refractivity contribution is 8.14. The second-order valence-corrected chi connectivity index (χ2v) is 9.46. The van der Waals surface area contributed by atoms with E-state index in [1.165, 1.54) is 11.8 Å². The van der Waals surface area contributed by atoms with Crippen LogP contribution < -0.4 is 0 Å². The smallest absolute Gasteiger partial charge is 0.416 e. The van der Waals surface area contributed by atoms with Crippen LogP contribution in [-0.2, 0) is 11.2 Å². The minimum absolute atomic E-state index is 0.309. The first kappa shape index (κ1) is 21.9. The lowest BCUT2D eigenvalue weighted by Gasteiger charge is -2.25. The van der Waals surface area contributed by atoms with Crippen LogP contribution in [0.15, 0.2) is 47.7 Å². The highest BCUT2D eigenvalue weighted by Crippen LogP contribution is 2.35. The van der Waals surface area contributed by atoms with E-state index in [-0.39, 0.29) is 6.04 Å². The van der Waals surface area contributed by atoms with Gasteiger partial charge >= 0.3 is 6.09 Å². The molecule has 1 saturated heterocycles. The number of hydrogen-bond donors (Lipinski definition) is 0. The second kappa shape index (κ2) is 9.37. The standard InChI is InChI=1S/C21H23Cl2N3O2S/c1-21(2,3)28-20(27)26-10-11-29-19(26)25-17(12-14-6-5-9-24-13-14)15-7-4-8-16(22)18(15)23/h4-9,13,17H,10-12H2,1-3H3/b25-19+. The van der Waals surface area contributed by atoms with Gasteiger partial charge in [0.25, 0.3) is 0 Å². The van der Waals surface area contributed by atoms with Crippen LogP contribution in [0.3, 0.4) is 0 Å². The molecule has 1 aromatic heterocycles. The molecule has 29 heavy (non-hydrogen) atoms. The van der Waals surface area contributed by atoms with E-state index < -0.39 is 11.7 Å². The largest absolute Gasteiger partial charge is 0.443 e. The Balaban J connectivity index is 1.95. The summed E-state index contributed by atoms with van der Waals surface area (Å²) in [6, 6.07) is 9.09. The van der Waals surface area contributed by atoms with Crippen LogP contribution in [0.2, 0.25) is 10.0 Å². The van der Waals surface area contributed by atoms with E-state index in [9.17, 15) is 4.79 Å². The first-order valence-corrected chi connectivity index (χ1v) is 11.0. The van der Waals surface area contributed by atoms with E-state index in [2.05, 4.69) is 4.98 Å². The normalized spacial score (nSPS) is 16.9. The molecule has 1 atom stereocenters. The molecule has 0 aliphatic carbocycles. The minimum Gasteiger partial charge on any atom is -0.443 e. The van der Waals surface area contributed by atoms with Crippen molar-refractivity contribution in [1.29, 1.82) is 0 Å². The topological polar surface area (TPSA) is 54.8 Å². The van der Waals surface area contributed by atoms with Gasteiger partial charge in [0.15, 0.2) is 5.17 Å². The highest BCUT2D eigenvalue weighted by Gasteiger charge is 2.31. The average molecular weight is 452 g/mol. The van der Waals surface area contributed by atoms with E-state index in [0.29, 0.717) is 28.2 Å². The number of nitrogens with zero attached hydrogens (tertiary/aromatic N) is 3. The summed E-state index contributed by atoms with van der Waals surface area (Å²) in [4.78, 5) is 23.3. The fourth-order valence-electron chi connectivity index (χ4n) is 2.87. The summed E-state index contributed by atoms with van der Waals surface area (Å²) in [6.45, 7) is 6.10. The first-order chi connectivity index (χ1) is 13.7. The lowest BCUT2D eigenvalue weighted by atomic mass is 10.0. The van der Waals surface area contributed by atoms with Gasteiger partial charge in [0.2, 0.25) is 0 Å². The van der Waals surface area contributed by atoms with Gasteiger partial charge in [0.1, 0.15) is 5.60 Å². The monoisotopic (exact) mass is 451 g/mol. The van der Waals surface area contributed by atoms with Crippen LogP contribution in [-0.4, -0.2) is 39.0 Å². The predicted octanol–water partition coefficient (Wildman–Crippen LogP) is 6.01. The van der Waals surface area contributed by atoms with Gasteiger partial charge in [-0.2, -0.15) is 0 Å². The number of amides is 1. The Bertz CT molecular complexity index is 901. The molecule has 1 aliphatic rings. The number of pyridine rings is 1. The van der Waals surface area contributed by atoms with Crippen molar-refractivity contribution >= 4 is 46.2 Å². The fraction of sp³-hybridized carbons (Fsp3) is 0.381. The molecule has 154 valence electrons. The maximum Gasteiger partial charge on any atom is 0.416 e. The third-order valence-corrected chi connectivity index (χ3v) is 5.95. The third-order valence-electron chi connectivity index (χ3n) is 4.15. The maximum atomic E-state index is 12.6. The number of aromatic nitrogens is 1.